The molecule has 0 aliphatic heterocycles. The molecule has 0 amide bonds. The summed E-state index contributed by atoms with van der Waals surface area (Å²) in [6.07, 6.45) is 1.90. The maximum atomic E-state index is 5.76. The standard InChI is InChI=1S/C12H15N/c1-4-12(13)11-7-5-10(6-8-11)9(2)3/h4-8H,2,13H2,1,3H3/b12-4-. The second-order valence-corrected chi connectivity index (χ2v) is 3.10. The van der Waals surface area contributed by atoms with E-state index < -0.39 is 0 Å². The van der Waals surface area contributed by atoms with Crippen LogP contribution in [0.3, 0.4) is 0 Å². The molecule has 13 heavy (non-hydrogen) atoms. The molecule has 0 aliphatic carbocycles. The molecule has 1 aromatic carbocycles. The Morgan fingerprint density at radius 1 is 1.23 bits per heavy atom. The minimum atomic E-state index is 0.813. The minimum absolute atomic E-state index is 0.813. The summed E-state index contributed by atoms with van der Waals surface area (Å²) in [4.78, 5) is 0. The maximum absolute atomic E-state index is 5.76. The van der Waals surface area contributed by atoms with Crippen molar-refractivity contribution in [2.45, 2.75) is 13.8 Å². The van der Waals surface area contributed by atoms with Crippen LogP contribution in [0.5, 0.6) is 0 Å². The molecule has 1 heteroatoms. The van der Waals surface area contributed by atoms with Crippen molar-refractivity contribution < 1.29 is 0 Å². The number of nitrogens with two attached hydrogens (primary N) is 1. The molecule has 0 heterocycles. The minimum Gasteiger partial charge on any atom is -0.399 e. The van der Waals surface area contributed by atoms with Crippen molar-refractivity contribution in [3.8, 4) is 0 Å². The molecule has 68 valence electrons. The Balaban J connectivity index is 3.00. The summed E-state index contributed by atoms with van der Waals surface area (Å²) < 4.78 is 0. The Morgan fingerprint density at radius 3 is 2.08 bits per heavy atom. The van der Waals surface area contributed by atoms with E-state index in [0.717, 1.165) is 22.4 Å². The average molecular weight is 173 g/mol. The first kappa shape index (κ1) is 9.59. The monoisotopic (exact) mass is 173 g/mol. The molecule has 0 aromatic heterocycles. The Labute approximate surface area is 79.6 Å². The van der Waals surface area contributed by atoms with Gasteiger partial charge in [-0.25, -0.2) is 0 Å². The van der Waals surface area contributed by atoms with E-state index in [1.807, 2.05) is 44.2 Å². The highest BCUT2D eigenvalue weighted by Crippen LogP contribution is 2.15. The summed E-state index contributed by atoms with van der Waals surface area (Å²) >= 11 is 0. The van der Waals surface area contributed by atoms with Crippen LogP contribution in [0.15, 0.2) is 36.9 Å². The zero-order chi connectivity index (χ0) is 9.84. The van der Waals surface area contributed by atoms with Gasteiger partial charge in [0.2, 0.25) is 0 Å². The Morgan fingerprint density at radius 2 is 1.69 bits per heavy atom. The zero-order valence-corrected chi connectivity index (χ0v) is 8.17. The van der Waals surface area contributed by atoms with Crippen LogP contribution in [0.1, 0.15) is 25.0 Å². The SMILES string of the molecule is C=C(C)c1ccc(/C(N)=C/C)cc1. The molecule has 0 unspecified atom stereocenters. The van der Waals surface area contributed by atoms with Crippen molar-refractivity contribution in [2.75, 3.05) is 0 Å². The van der Waals surface area contributed by atoms with E-state index >= 15 is 0 Å². The molecule has 0 saturated carbocycles. The molecule has 0 saturated heterocycles. The highest BCUT2D eigenvalue weighted by Gasteiger charge is 1.96. The quantitative estimate of drug-likeness (QED) is 0.730. The van der Waals surface area contributed by atoms with Gasteiger partial charge >= 0.3 is 0 Å². The number of allylic oxidation sites excluding steroid dienone is 2. The van der Waals surface area contributed by atoms with Crippen molar-refractivity contribution in [2.24, 2.45) is 5.73 Å². The highest BCUT2D eigenvalue weighted by molar-refractivity contribution is 5.67. The van der Waals surface area contributed by atoms with Gasteiger partial charge in [0.1, 0.15) is 0 Å². The van der Waals surface area contributed by atoms with Gasteiger partial charge in [-0.15, -0.1) is 0 Å². The van der Waals surface area contributed by atoms with Gasteiger partial charge in [0.05, 0.1) is 0 Å². The molecule has 1 rings (SSSR count). The summed E-state index contributed by atoms with van der Waals surface area (Å²) in [5.74, 6) is 0. The molecule has 0 aliphatic rings. The maximum Gasteiger partial charge on any atom is 0.0344 e. The summed E-state index contributed by atoms with van der Waals surface area (Å²) in [5.41, 5.74) is 9.87. The fourth-order valence-corrected chi connectivity index (χ4v) is 1.11. The van der Waals surface area contributed by atoms with Crippen LogP contribution >= 0.6 is 0 Å². The first-order valence-corrected chi connectivity index (χ1v) is 4.33. The van der Waals surface area contributed by atoms with Crippen LogP contribution in [0.25, 0.3) is 11.3 Å². The molecule has 0 bridgehead atoms. The third-order valence-electron chi connectivity index (χ3n) is 2.02. The highest BCUT2D eigenvalue weighted by atomic mass is 14.6. The smallest absolute Gasteiger partial charge is 0.0344 e. The third-order valence-corrected chi connectivity index (χ3v) is 2.02. The second kappa shape index (κ2) is 3.94. The molecular weight excluding hydrogens is 158 g/mol. The van der Waals surface area contributed by atoms with Gasteiger partial charge in [-0.1, -0.05) is 42.5 Å². The van der Waals surface area contributed by atoms with Crippen molar-refractivity contribution >= 4 is 11.3 Å². The summed E-state index contributed by atoms with van der Waals surface area (Å²) in [6, 6.07) is 8.10. The predicted molar refractivity (Wildman–Crippen MR) is 59.0 cm³/mol. The number of rotatable bonds is 2. The Bertz CT molecular complexity index is 331. The summed E-state index contributed by atoms with van der Waals surface area (Å²) in [6.45, 7) is 7.80. The lowest BCUT2D eigenvalue weighted by molar-refractivity contribution is 1.47. The van der Waals surface area contributed by atoms with E-state index in [1.165, 1.54) is 0 Å². The summed E-state index contributed by atoms with van der Waals surface area (Å²) in [7, 11) is 0. The van der Waals surface area contributed by atoms with E-state index in [9.17, 15) is 0 Å². The number of benzene rings is 1. The zero-order valence-electron chi connectivity index (χ0n) is 8.17. The first-order valence-electron chi connectivity index (χ1n) is 4.33. The molecule has 1 nitrogen and oxygen atoms in total. The number of hydrogen-bond donors (Lipinski definition) is 1. The van der Waals surface area contributed by atoms with Gasteiger partial charge in [0, 0.05) is 5.70 Å². The van der Waals surface area contributed by atoms with Crippen molar-refractivity contribution in [1.29, 1.82) is 0 Å². The fourth-order valence-electron chi connectivity index (χ4n) is 1.11. The van der Waals surface area contributed by atoms with Crippen LogP contribution in [-0.2, 0) is 0 Å². The summed E-state index contributed by atoms with van der Waals surface area (Å²) in [5, 5.41) is 0. The van der Waals surface area contributed by atoms with E-state index in [1.54, 1.807) is 0 Å². The lowest BCUT2D eigenvalue weighted by Gasteiger charge is -2.03. The van der Waals surface area contributed by atoms with E-state index in [2.05, 4.69) is 6.58 Å². The molecule has 0 atom stereocenters. The van der Waals surface area contributed by atoms with Crippen molar-refractivity contribution in [3.05, 3.63) is 48.0 Å². The fraction of sp³-hybridized carbons (Fsp3) is 0.167. The van der Waals surface area contributed by atoms with Gasteiger partial charge in [-0.2, -0.15) is 0 Å². The molecule has 0 fully saturated rings. The van der Waals surface area contributed by atoms with Gasteiger partial charge in [-0.05, 0) is 25.0 Å². The Kier molecular flexibility index (Phi) is 2.91. The molecule has 0 radical (unpaired) electrons. The predicted octanol–water partition coefficient (Wildman–Crippen LogP) is 3.04. The average Bonchev–Trinajstić information content (AvgIpc) is 2.17. The van der Waals surface area contributed by atoms with Crippen molar-refractivity contribution in [3.63, 3.8) is 0 Å². The lowest BCUT2D eigenvalue weighted by Crippen LogP contribution is -1.95. The molecule has 2 N–H and O–H groups in total. The van der Waals surface area contributed by atoms with Crippen LogP contribution in [0.2, 0.25) is 0 Å². The topological polar surface area (TPSA) is 26.0 Å². The normalized spacial score (nSPS) is 11.4. The van der Waals surface area contributed by atoms with Gasteiger partial charge in [0.15, 0.2) is 0 Å². The van der Waals surface area contributed by atoms with Gasteiger partial charge in [-0.3, -0.25) is 0 Å². The molecule has 1 aromatic rings. The largest absolute Gasteiger partial charge is 0.399 e. The third kappa shape index (κ3) is 2.22. The van der Waals surface area contributed by atoms with Crippen LogP contribution in [-0.4, -0.2) is 0 Å². The van der Waals surface area contributed by atoms with E-state index in [-0.39, 0.29) is 0 Å². The van der Waals surface area contributed by atoms with Gasteiger partial charge < -0.3 is 5.73 Å². The van der Waals surface area contributed by atoms with E-state index in [0.29, 0.717) is 0 Å². The second-order valence-electron chi connectivity index (χ2n) is 3.10. The van der Waals surface area contributed by atoms with Gasteiger partial charge in [0.25, 0.3) is 0 Å². The first-order chi connectivity index (χ1) is 6.15. The van der Waals surface area contributed by atoms with Crippen molar-refractivity contribution in [1.82, 2.24) is 0 Å². The van der Waals surface area contributed by atoms with Crippen LogP contribution in [0, 0.1) is 0 Å². The molecule has 0 spiro atoms. The van der Waals surface area contributed by atoms with E-state index in [4.69, 9.17) is 5.73 Å². The van der Waals surface area contributed by atoms with Crippen LogP contribution in [0.4, 0.5) is 0 Å². The Hall–Kier alpha value is -1.50. The lowest BCUT2D eigenvalue weighted by atomic mass is 10.1. The molecular formula is C12H15N. The number of hydrogen-bond acceptors (Lipinski definition) is 1. The van der Waals surface area contributed by atoms with Crippen LogP contribution < -0.4 is 5.73 Å².